The Kier molecular flexibility index (Phi) is 3.57. The van der Waals surface area contributed by atoms with Crippen LogP contribution in [0.1, 0.15) is 41.2 Å². The molecular formula is C19H17ClN4O. The van der Waals surface area contributed by atoms with Crippen LogP contribution in [0.4, 0.5) is 0 Å². The van der Waals surface area contributed by atoms with E-state index in [-0.39, 0.29) is 0 Å². The SMILES string of the molecule is Clc1cccc(-c2nc3c(o2)CCC(c2nccnc2[C@H]2CN2)C3)c1. The Labute approximate surface area is 150 Å². The third-order valence-electron chi connectivity index (χ3n) is 4.89. The smallest absolute Gasteiger partial charge is 0.226 e. The number of benzene rings is 1. The molecule has 1 aliphatic carbocycles. The van der Waals surface area contributed by atoms with E-state index in [1.165, 1.54) is 0 Å². The molecule has 126 valence electrons. The number of nitrogens with one attached hydrogen (secondary N) is 1. The van der Waals surface area contributed by atoms with Crippen molar-refractivity contribution in [3.63, 3.8) is 0 Å². The third-order valence-corrected chi connectivity index (χ3v) is 5.13. The third kappa shape index (κ3) is 2.83. The molecule has 5 rings (SSSR count). The molecule has 3 heterocycles. The summed E-state index contributed by atoms with van der Waals surface area (Å²) in [6, 6.07) is 7.99. The van der Waals surface area contributed by atoms with Gasteiger partial charge in [-0.15, -0.1) is 0 Å². The zero-order valence-corrected chi connectivity index (χ0v) is 14.3. The highest BCUT2D eigenvalue weighted by molar-refractivity contribution is 6.30. The predicted octanol–water partition coefficient (Wildman–Crippen LogP) is 3.70. The molecule has 1 aliphatic heterocycles. The summed E-state index contributed by atoms with van der Waals surface area (Å²) in [5.74, 6) is 1.98. The molecule has 2 atom stereocenters. The molecule has 6 heteroatoms. The van der Waals surface area contributed by atoms with Crippen LogP contribution in [0.3, 0.4) is 0 Å². The van der Waals surface area contributed by atoms with E-state index in [0.717, 1.165) is 54.2 Å². The second-order valence-electron chi connectivity index (χ2n) is 6.63. The van der Waals surface area contributed by atoms with Gasteiger partial charge in [0.2, 0.25) is 5.89 Å². The van der Waals surface area contributed by atoms with Crippen molar-refractivity contribution in [2.75, 3.05) is 6.54 Å². The van der Waals surface area contributed by atoms with Gasteiger partial charge in [0.15, 0.2) is 0 Å². The molecule has 25 heavy (non-hydrogen) atoms. The Morgan fingerprint density at radius 3 is 2.80 bits per heavy atom. The maximum absolute atomic E-state index is 6.09. The van der Waals surface area contributed by atoms with E-state index in [2.05, 4.69) is 15.3 Å². The van der Waals surface area contributed by atoms with Crippen LogP contribution in [0.5, 0.6) is 0 Å². The number of rotatable bonds is 3. The number of halogens is 1. The van der Waals surface area contributed by atoms with Crippen LogP contribution in [0.15, 0.2) is 41.1 Å². The average Bonchev–Trinajstić information content (AvgIpc) is 3.40. The van der Waals surface area contributed by atoms with Crippen molar-refractivity contribution in [1.82, 2.24) is 20.3 Å². The lowest BCUT2D eigenvalue weighted by molar-refractivity contribution is 0.459. The molecule has 0 amide bonds. The lowest BCUT2D eigenvalue weighted by Crippen LogP contribution is -2.16. The van der Waals surface area contributed by atoms with Gasteiger partial charge in [0.25, 0.3) is 0 Å². The van der Waals surface area contributed by atoms with Gasteiger partial charge in [-0.1, -0.05) is 17.7 Å². The van der Waals surface area contributed by atoms with Crippen LogP contribution in [0.2, 0.25) is 5.02 Å². The summed E-state index contributed by atoms with van der Waals surface area (Å²) < 4.78 is 6.00. The van der Waals surface area contributed by atoms with Crippen molar-refractivity contribution in [1.29, 1.82) is 0 Å². The van der Waals surface area contributed by atoms with Gasteiger partial charge >= 0.3 is 0 Å². The zero-order valence-electron chi connectivity index (χ0n) is 13.6. The van der Waals surface area contributed by atoms with E-state index in [9.17, 15) is 0 Å². The molecule has 0 saturated carbocycles. The maximum atomic E-state index is 6.09. The number of hydrogen-bond donors (Lipinski definition) is 1. The Bertz CT molecular complexity index is 935. The van der Waals surface area contributed by atoms with Gasteiger partial charge < -0.3 is 9.73 Å². The van der Waals surface area contributed by atoms with Crippen LogP contribution in [0, 0.1) is 0 Å². The quantitative estimate of drug-likeness (QED) is 0.727. The van der Waals surface area contributed by atoms with Gasteiger partial charge in [-0.25, -0.2) is 4.98 Å². The lowest BCUT2D eigenvalue weighted by Gasteiger charge is -2.21. The van der Waals surface area contributed by atoms with Crippen LogP contribution in [0.25, 0.3) is 11.5 Å². The van der Waals surface area contributed by atoms with Crippen LogP contribution in [-0.4, -0.2) is 21.5 Å². The summed E-state index contributed by atoms with van der Waals surface area (Å²) in [5.41, 5.74) is 4.15. The van der Waals surface area contributed by atoms with E-state index in [1.807, 2.05) is 24.3 Å². The molecule has 5 nitrogen and oxygen atoms in total. The molecule has 2 aromatic heterocycles. The first-order valence-corrected chi connectivity index (χ1v) is 8.94. The van der Waals surface area contributed by atoms with E-state index in [1.54, 1.807) is 12.4 Å². The van der Waals surface area contributed by atoms with E-state index in [0.29, 0.717) is 22.9 Å². The van der Waals surface area contributed by atoms with Crippen molar-refractivity contribution >= 4 is 11.6 Å². The largest absolute Gasteiger partial charge is 0.441 e. The fraction of sp³-hybridized carbons (Fsp3) is 0.316. The van der Waals surface area contributed by atoms with Crippen LogP contribution >= 0.6 is 11.6 Å². The summed E-state index contributed by atoms with van der Waals surface area (Å²) in [6.45, 7) is 0.993. The number of nitrogens with zero attached hydrogens (tertiary/aromatic N) is 3. The Morgan fingerprint density at radius 2 is 2.00 bits per heavy atom. The van der Waals surface area contributed by atoms with Gasteiger partial charge in [0.1, 0.15) is 5.76 Å². The molecule has 1 unspecified atom stereocenters. The van der Waals surface area contributed by atoms with Crippen LogP contribution < -0.4 is 5.32 Å². The first-order valence-electron chi connectivity index (χ1n) is 8.56. The normalized spacial score (nSPS) is 21.8. The fourth-order valence-corrected chi connectivity index (χ4v) is 3.74. The summed E-state index contributed by atoms with van der Waals surface area (Å²) >= 11 is 6.09. The highest BCUT2D eigenvalue weighted by Crippen LogP contribution is 2.37. The number of hydrogen-bond acceptors (Lipinski definition) is 5. The number of aromatic nitrogens is 3. The molecule has 1 fully saturated rings. The molecule has 0 bridgehead atoms. The summed E-state index contributed by atoms with van der Waals surface area (Å²) in [4.78, 5) is 13.9. The van der Waals surface area contributed by atoms with Crippen LogP contribution in [-0.2, 0) is 12.8 Å². The van der Waals surface area contributed by atoms with Gasteiger partial charge in [-0.2, -0.15) is 0 Å². The van der Waals surface area contributed by atoms with E-state index < -0.39 is 0 Å². The summed E-state index contributed by atoms with van der Waals surface area (Å²) in [5, 5.41) is 4.02. The number of fused-ring (bicyclic) bond motifs is 1. The van der Waals surface area contributed by atoms with Gasteiger partial charge in [0.05, 0.1) is 23.1 Å². The summed E-state index contributed by atoms with van der Waals surface area (Å²) in [6.07, 6.45) is 6.30. The highest BCUT2D eigenvalue weighted by Gasteiger charge is 2.33. The van der Waals surface area contributed by atoms with Gasteiger partial charge in [0, 0.05) is 48.3 Å². The first kappa shape index (κ1) is 15.0. The molecule has 1 N–H and O–H groups in total. The molecular weight excluding hydrogens is 336 g/mol. The highest BCUT2D eigenvalue weighted by atomic mass is 35.5. The van der Waals surface area contributed by atoms with Crippen molar-refractivity contribution in [3.8, 4) is 11.5 Å². The number of oxazole rings is 1. The number of aryl methyl sites for hydroxylation is 1. The molecule has 3 aromatic rings. The standard InChI is InChI=1S/C19H17ClN4O/c20-13-3-1-2-12(8-13)19-24-14-9-11(4-5-16(14)25-19)17-18(15-10-23-15)22-7-6-21-17/h1-3,6-8,11,15,23H,4-5,9-10H2/t11?,15-/m1/s1. The Morgan fingerprint density at radius 1 is 1.16 bits per heavy atom. The van der Waals surface area contributed by atoms with Gasteiger partial charge in [-0.3, -0.25) is 9.97 Å². The minimum absolute atomic E-state index is 0.343. The van der Waals surface area contributed by atoms with Crippen molar-refractivity contribution in [2.45, 2.75) is 31.2 Å². The van der Waals surface area contributed by atoms with Crippen molar-refractivity contribution in [3.05, 3.63) is 64.5 Å². The molecule has 2 aliphatic rings. The second kappa shape index (κ2) is 5.93. The minimum atomic E-state index is 0.343. The monoisotopic (exact) mass is 352 g/mol. The molecule has 0 radical (unpaired) electrons. The topological polar surface area (TPSA) is 73.8 Å². The minimum Gasteiger partial charge on any atom is -0.441 e. The Balaban J connectivity index is 1.45. The molecule has 1 aromatic carbocycles. The zero-order chi connectivity index (χ0) is 16.8. The van der Waals surface area contributed by atoms with Crippen molar-refractivity contribution < 1.29 is 4.42 Å². The lowest BCUT2D eigenvalue weighted by atomic mass is 9.86. The summed E-state index contributed by atoms with van der Waals surface area (Å²) in [7, 11) is 0. The van der Waals surface area contributed by atoms with Crippen molar-refractivity contribution in [2.24, 2.45) is 0 Å². The van der Waals surface area contributed by atoms with E-state index in [4.69, 9.17) is 21.0 Å². The first-order chi connectivity index (χ1) is 12.3. The second-order valence-corrected chi connectivity index (χ2v) is 7.06. The van der Waals surface area contributed by atoms with Gasteiger partial charge in [-0.05, 0) is 24.6 Å². The average molecular weight is 353 g/mol. The fourth-order valence-electron chi connectivity index (χ4n) is 3.55. The molecule has 1 saturated heterocycles. The van der Waals surface area contributed by atoms with E-state index >= 15 is 0 Å². The molecule has 0 spiro atoms. The maximum Gasteiger partial charge on any atom is 0.226 e. The predicted molar refractivity (Wildman–Crippen MR) is 94.5 cm³/mol. The Hall–Kier alpha value is -2.24.